The van der Waals surface area contributed by atoms with Gasteiger partial charge in [0, 0.05) is 18.9 Å². The van der Waals surface area contributed by atoms with Crippen LogP contribution in [0.4, 0.5) is 0 Å². The smallest absolute Gasteiger partial charge is 0.151 e. The zero-order valence-electron chi connectivity index (χ0n) is 5.57. The van der Waals surface area contributed by atoms with Crippen molar-refractivity contribution in [3.63, 3.8) is 0 Å². The molecule has 0 aliphatic heterocycles. The first-order chi connectivity index (χ1) is 4.93. The van der Waals surface area contributed by atoms with Crippen LogP contribution in [0.2, 0.25) is 0 Å². The van der Waals surface area contributed by atoms with Crippen molar-refractivity contribution in [2.24, 2.45) is 5.73 Å². The molecule has 0 bridgehead atoms. The van der Waals surface area contributed by atoms with Gasteiger partial charge in [-0.2, -0.15) is 0 Å². The van der Waals surface area contributed by atoms with E-state index in [1.807, 2.05) is 6.08 Å². The quantitative estimate of drug-likeness (QED) is 0.640. The molecule has 0 aliphatic rings. The Balaban J connectivity index is 2.67. The predicted molar refractivity (Wildman–Crippen MR) is 40.1 cm³/mol. The summed E-state index contributed by atoms with van der Waals surface area (Å²) in [7, 11) is 0. The zero-order valence-corrected chi connectivity index (χ0v) is 5.57. The molecule has 0 aromatic carbocycles. The summed E-state index contributed by atoms with van der Waals surface area (Å²) in [5, 5.41) is 0. The average Bonchev–Trinajstić information content (AvgIpc) is 2.03. The third-order valence-electron chi connectivity index (χ3n) is 0.989. The van der Waals surface area contributed by atoms with E-state index in [2.05, 4.69) is 9.97 Å². The van der Waals surface area contributed by atoms with Crippen LogP contribution in [0.1, 0.15) is 5.82 Å². The minimum absolute atomic E-state index is 0.526. The SMILES string of the molecule is NCC=Cc1ncccn1. The van der Waals surface area contributed by atoms with Crippen LogP contribution in [0.25, 0.3) is 6.08 Å². The van der Waals surface area contributed by atoms with Crippen molar-refractivity contribution in [3.8, 4) is 0 Å². The molecule has 0 spiro atoms. The van der Waals surface area contributed by atoms with Gasteiger partial charge in [0.1, 0.15) is 0 Å². The van der Waals surface area contributed by atoms with E-state index in [0.29, 0.717) is 12.4 Å². The van der Waals surface area contributed by atoms with Gasteiger partial charge in [-0.05, 0) is 12.1 Å². The summed E-state index contributed by atoms with van der Waals surface area (Å²) in [4.78, 5) is 7.93. The molecular weight excluding hydrogens is 126 g/mol. The lowest BCUT2D eigenvalue weighted by molar-refractivity contribution is 1.13. The van der Waals surface area contributed by atoms with Crippen LogP contribution in [-0.2, 0) is 0 Å². The number of aromatic nitrogens is 2. The Morgan fingerprint density at radius 1 is 1.40 bits per heavy atom. The highest BCUT2D eigenvalue weighted by molar-refractivity contribution is 5.38. The molecule has 52 valence electrons. The maximum atomic E-state index is 5.23. The van der Waals surface area contributed by atoms with Gasteiger partial charge < -0.3 is 5.73 Å². The van der Waals surface area contributed by atoms with E-state index < -0.39 is 0 Å². The van der Waals surface area contributed by atoms with Crippen molar-refractivity contribution < 1.29 is 0 Å². The molecule has 2 N–H and O–H groups in total. The van der Waals surface area contributed by atoms with Crippen LogP contribution in [0.15, 0.2) is 24.5 Å². The Bertz CT molecular complexity index is 205. The largest absolute Gasteiger partial charge is 0.327 e. The first-order valence-corrected chi connectivity index (χ1v) is 3.07. The summed E-state index contributed by atoms with van der Waals surface area (Å²) in [6, 6.07) is 1.78. The van der Waals surface area contributed by atoms with E-state index in [1.54, 1.807) is 24.5 Å². The molecule has 0 amide bonds. The standard InChI is InChI=1S/C7H9N3/c8-4-1-3-7-9-5-2-6-10-7/h1-3,5-6H,4,8H2. The van der Waals surface area contributed by atoms with E-state index in [0.717, 1.165) is 0 Å². The van der Waals surface area contributed by atoms with Crippen molar-refractivity contribution in [2.45, 2.75) is 0 Å². The molecule has 0 radical (unpaired) electrons. The number of nitrogens with zero attached hydrogens (tertiary/aromatic N) is 2. The predicted octanol–water partition coefficient (Wildman–Crippen LogP) is 0.449. The lowest BCUT2D eigenvalue weighted by Gasteiger charge is -1.86. The van der Waals surface area contributed by atoms with Gasteiger partial charge in [-0.3, -0.25) is 0 Å². The van der Waals surface area contributed by atoms with Crippen molar-refractivity contribution in [1.82, 2.24) is 9.97 Å². The second kappa shape index (κ2) is 3.74. The van der Waals surface area contributed by atoms with E-state index >= 15 is 0 Å². The topological polar surface area (TPSA) is 51.8 Å². The Hall–Kier alpha value is -1.22. The van der Waals surface area contributed by atoms with Crippen molar-refractivity contribution in [1.29, 1.82) is 0 Å². The summed E-state index contributed by atoms with van der Waals surface area (Å²) in [6.45, 7) is 0.526. The third-order valence-corrected chi connectivity index (χ3v) is 0.989. The molecule has 0 aliphatic carbocycles. The van der Waals surface area contributed by atoms with Gasteiger partial charge in [-0.25, -0.2) is 9.97 Å². The molecular formula is C7H9N3. The average molecular weight is 135 g/mol. The molecule has 1 rings (SSSR count). The summed E-state index contributed by atoms with van der Waals surface area (Å²) >= 11 is 0. The number of hydrogen-bond donors (Lipinski definition) is 1. The van der Waals surface area contributed by atoms with E-state index in [9.17, 15) is 0 Å². The van der Waals surface area contributed by atoms with Gasteiger partial charge in [0.05, 0.1) is 0 Å². The summed E-state index contributed by atoms with van der Waals surface area (Å²) < 4.78 is 0. The molecule has 0 saturated heterocycles. The highest BCUT2D eigenvalue weighted by Crippen LogP contribution is 1.88. The van der Waals surface area contributed by atoms with Crippen LogP contribution in [0.3, 0.4) is 0 Å². The molecule has 1 aromatic rings. The molecule has 10 heavy (non-hydrogen) atoms. The maximum Gasteiger partial charge on any atom is 0.151 e. The molecule has 3 nitrogen and oxygen atoms in total. The third kappa shape index (κ3) is 1.95. The van der Waals surface area contributed by atoms with Gasteiger partial charge >= 0.3 is 0 Å². The number of hydrogen-bond acceptors (Lipinski definition) is 3. The highest BCUT2D eigenvalue weighted by Gasteiger charge is 1.82. The van der Waals surface area contributed by atoms with Crippen molar-refractivity contribution >= 4 is 6.08 Å². The Kier molecular flexibility index (Phi) is 2.58. The van der Waals surface area contributed by atoms with Gasteiger partial charge in [0.15, 0.2) is 5.82 Å². The van der Waals surface area contributed by atoms with E-state index in [1.165, 1.54) is 0 Å². The summed E-state index contributed by atoms with van der Waals surface area (Å²) in [5.41, 5.74) is 5.23. The fourth-order valence-electron chi connectivity index (χ4n) is 0.570. The Morgan fingerprint density at radius 3 is 2.70 bits per heavy atom. The van der Waals surface area contributed by atoms with Crippen LogP contribution < -0.4 is 5.73 Å². The second-order valence-corrected chi connectivity index (χ2v) is 1.75. The first-order valence-electron chi connectivity index (χ1n) is 3.07. The monoisotopic (exact) mass is 135 g/mol. The fraction of sp³-hybridized carbons (Fsp3) is 0.143. The molecule has 3 heteroatoms. The minimum atomic E-state index is 0.526. The van der Waals surface area contributed by atoms with Crippen LogP contribution in [0.5, 0.6) is 0 Å². The maximum absolute atomic E-state index is 5.23. The van der Waals surface area contributed by atoms with Gasteiger partial charge in [0.2, 0.25) is 0 Å². The van der Waals surface area contributed by atoms with Crippen LogP contribution in [-0.4, -0.2) is 16.5 Å². The van der Waals surface area contributed by atoms with E-state index in [4.69, 9.17) is 5.73 Å². The van der Waals surface area contributed by atoms with Crippen molar-refractivity contribution in [3.05, 3.63) is 30.4 Å². The molecule has 0 fully saturated rings. The summed E-state index contributed by atoms with van der Waals surface area (Å²) in [6.07, 6.45) is 7.00. The van der Waals surface area contributed by atoms with Crippen molar-refractivity contribution in [2.75, 3.05) is 6.54 Å². The molecule has 0 atom stereocenters. The molecule has 0 saturated carbocycles. The summed E-state index contributed by atoms with van der Waals surface area (Å²) in [5.74, 6) is 0.702. The van der Waals surface area contributed by atoms with Gasteiger partial charge in [-0.15, -0.1) is 0 Å². The number of rotatable bonds is 2. The van der Waals surface area contributed by atoms with Crippen LogP contribution in [0, 0.1) is 0 Å². The fourth-order valence-corrected chi connectivity index (χ4v) is 0.570. The van der Waals surface area contributed by atoms with Crippen LogP contribution >= 0.6 is 0 Å². The Labute approximate surface area is 59.6 Å². The normalized spacial score (nSPS) is 10.5. The molecule has 0 unspecified atom stereocenters. The van der Waals surface area contributed by atoms with E-state index in [-0.39, 0.29) is 0 Å². The highest BCUT2D eigenvalue weighted by atomic mass is 14.8. The minimum Gasteiger partial charge on any atom is -0.327 e. The molecule has 1 heterocycles. The lowest BCUT2D eigenvalue weighted by atomic mass is 10.4. The molecule has 1 aromatic heterocycles. The zero-order chi connectivity index (χ0) is 7.23. The Morgan fingerprint density at radius 2 is 2.10 bits per heavy atom. The number of nitrogens with two attached hydrogens (primary N) is 1. The van der Waals surface area contributed by atoms with Gasteiger partial charge in [-0.1, -0.05) is 6.08 Å². The second-order valence-electron chi connectivity index (χ2n) is 1.75. The first kappa shape index (κ1) is 6.89. The lowest BCUT2D eigenvalue weighted by Crippen LogP contribution is -1.93. The van der Waals surface area contributed by atoms with Gasteiger partial charge in [0.25, 0.3) is 0 Å².